The minimum absolute atomic E-state index is 0.142. The molecule has 2 heterocycles. The van der Waals surface area contributed by atoms with Gasteiger partial charge in [-0.3, -0.25) is 4.98 Å². The lowest BCUT2D eigenvalue weighted by molar-refractivity contribution is 0.596. The van der Waals surface area contributed by atoms with Crippen LogP contribution in [0.4, 0.5) is 0 Å². The quantitative estimate of drug-likeness (QED) is 0.694. The van der Waals surface area contributed by atoms with Crippen LogP contribution in [0.1, 0.15) is 5.01 Å². The molecule has 5 nitrogen and oxygen atoms in total. The Morgan fingerprint density at radius 1 is 1.22 bits per heavy atom. The number of benzene rings is 1. The topological polar surface area (TPSA) is 72.0 Å². The molecule has 0 aliphatic carbocycles. The van der Waals surface area contributed by atoms with Crippen molar-refractivity contribution in [1.29, 1.82) is 0 Å². The van der Waals surface area contributed by atoms with Crippen LogP contribution in [0.25, 0.3) is 21.3 Å². The zero-order chi connectivity index (χ0) is 16.3. The average Bonchev–Trinajstić information content (AvgIpc) is 2.99. The highest BCUT2D eigenvalue weighted by Crippen LogP contribution is 2.28. The molecule has 7 heteroatoms. The number of aromatic nitrogens is 2. The molecule has 0 unspecified atom stereocenters. The van der Waals surface area contributed by atoms with Crippen LogP contribution < -0.4 is 5.32 Å². The van der Waals surface area contributed by atoms with Crippen LogP contribution in [-0.4, -0.2) is 36.9 Å². The second kappa shape index (κ2) is 6.74. The molecule has 23 heavy (non-hydrogen) atoms. The molecule has 3 aromatic rings. The van der Waals surface area contributed by atoms with Crippen molar-refractivity contribution in [3.63, 3.8) is 0 Å². The van der Waals surface area contributed by atoms with Crippen LogP contribution >= 0.6 is 11.3 Å². The van der Waals surface area contributed by atoms with Crippen molar-refractivity contribution in [3.05, 3.63) is 47.7 Å². The van der Waals surface area contributed by atoms with Gasteiger partial charge in [0.1, 0.15) is 14.8 Å². The molecule has 0 radical (unpaired) electrons. The summed E-state index contributed by atoms with van der Waals surface area (Å²) in [5, 5.41) is 5.16. The van der Waals surface area contributed by atoms with Gasteiger partial charge in [0.25, 0.3) is 0 Å². The highest BCUT2D eigenvalue weighted by molar-refractivity contribution is 7.90. The molecular formula is C16H17N3O2S2. The Labute approximate surface area is 139 Å². The largest absolute Gasteiger partial charge is 0.309 e. The maximum Gasteiger partial charge on any atom is 0.148 e. The van der Waals surface area contributed by atoms with Crippen LogP contribution in [0.5, 0.6) is 0 Å². The first-order chi connectivity index (χ1) is 11.0. The van der Waals surface area contributed by atoms with Crippen LogP contribution in [0.15, 0.2) is 42.7 Å². The van der Waals surface area contributed by atoms with Gasteiger partial charge in [-0.1, -0.05) is 12.1 Å². The SMILES string of the molecule is CS(=O)(=O)CCNCc1ncc(-c2ccc3ncccc3c2)s1. The summed E-state index contributed by atoms with van der Waals surface area (Å²) in [5.41, 5.74) is 2.09. The van der Waals surface area contributed by atoms with Gasteiger partial charge >= 0.3 is 0 Å². The van der Waals surface area contributed by atoms with Gasteiger partial charge in [-0.05, 0) is 23.8 Å². The first-order valence-corrected chi connectivity index (χ1v) is 10.1. The van der Waals surface area contributed by atoms with Crippen molar-refractivity contribution in [1.82, 2.24) is 15.3 Å². The predicted octanol–water partition coefficient (Wildman–Crippen LogP) is 2.49. The van der Waals surface area contributed by atoms with Crippen LogP contribution in [0.2, 0.25) is 0 Å². The van der Waals surface area contributed by atoms with E-state index >= 15 is 0 Å². The zero-order valence-corrected chi connectivity index (χ0v) is 14.3. The Bertz CT molecular complexity index is 920. The lowest BCUT2D eigenvalue weighted by Gasteiger charge is -2.01. The second-order valence-electron chi connectivity index (χ2n) is 5.34. The van der Waals surface area contributed by atoms with Gasteiger partial charge in [0.15, 0.2) is 0 Å². The average molecular weight is 347 g/mol. The van der Waals surface area contributed by atoms with Crippen molar-refractivity contribution < 1.29 is 8.42 Å². The molecule has 0 spiro atoms. The number of fused-ring (bicyclic) bond motifs is 1. The number of pyridine rings is 1. The Balaban J connectivity index is 1.68. The monoisotopic (exact) mass is 347 g/mol. The van der Waals surface area contributed by atoms with E-state index in [1.165, 1.54) is 6.26 Å². The number of sulfone groups is 1. The molecule has 0 atom stereocenters. The van der Waals surface area contributed by atoms with Gasteiger partial charge in [-0.2, -0.15) is 0 Å². The van der Waals surface area contributed by atoms with Crippen LogP contribution in [0, 0.1) is 0 Å². The Hall–Kier alpha value is -1.83. The van der Waals surface area contributed by atoms with Gasteiger partial charge in [0, 0.05) is 37.1 Å². The number of nitrogens with zero attached hydrogens (tertiary/aromatic N) is 2. The van der Waals surface area contributed by atoms with Gasteiger partial charge in [-0.25, -0.2) is 13.4 Å². The highest BCUT2D eigenvalue weighted by Gasteiger charge is 2.06. The van der Waals surface area contributed by atoms with E-state index in [-0.39, 0.29) is 5.75 Å². The van der Waals surface area contributed by atoms with E-state index in [9.17, 15) is 8.42 Å². The fourth-order valence-electron chi connectivity index (χ4n) is 2.21. The number of nitrogens with one attached hydrogen (secondary N) is 1. The van der Waals surface area contributed by atoms with Gasteiger partial charge in [0.05, 0.1) is 16.1 Å². The molecule has 0 saturated carbocycles. The predicted molar refractivity (Wildman–Crippen MR) is 94.3 cm³/mol. The van der Waals surface area contributed by atoms with E-state index in [0.717, 1.165) is 26.4 Å². The lowest BCUT2D eigenvalue weighted by atomic mass is 10.1. The van der Waals surface area contributed by atoms with E-state index in [2.05, 4.69) is 21.4 Å². The molecule has 0 aliphatic rings. The van der Waals surface area contributed by atoms with E-state index < -0.39 is 9.84 Å². The summed E-state index contributed by atoms with van der Waals surface area (Å²) in [7, 11) is -2.92. The molecule has 120 valence electrons. The standard InChI is InChI=1S/C16H17N3O2S2/c1-23(20,21)8-7-17-11-16-19-10-15(22-16)13-4-5-14-12(9-13)3-2-6-18-14/h2-6,9-10,17H,7-8,11H2,1H3. The fourth-order valence-corrected chi connectivity index (χ4v) is 3.61. The van der Waals surface area contributed by atoms with Crippen molar-refractivity contribution in [2.45, 2.75) is 6.54 Å². The minimum Gasteiger partial charge on any atom is -0.309 e. The second-order valence-corrected chi connectivity index (χ2v) is 8.71. The van der Waals surface area contributed by atoms with E-state index in [1.807, 2.05) is 30.5 Å². The Kier molecular flexibility index (Phi) is 4.70. The molecule has 0 saturated heterocycles. The maximum atomic E-state index is 11.1. The molecule has 0 aliphatic heterocycles. The smallest absolute Gasteiger partial charge is 0.148 e. The third-order valence-electron chi connectivity index (χ3n) is 3.37. The van der Waals surface area contributed by atoms with Crippen molar-refractivity contribution in [3.8, 4) is 10.4 Å². The molecule has 2 aromatic heterocycles. The Morgan fingerprint density at radius 2 is 2.09 bits per heavy atom. The van der Waals surface area contributed by atoms with Gasteiger partial charge < -0.3 is 5.32 Å². The third-order valence-corrected chi connectivity index (χ3v) is 5.36. The zero-order valence-electron chi connectivity index (χ0n) is 12.7. The van der Waals surface area contributed by atoms with Crippen LogP contribution in [-0.2, 0) is 16.4 Å². The summed E-state index contributed by atoms with van der Waals surface area (Å²) in [6, 6.07) is 10.1. The van der Waals surface area contributed by atoms with E-state index in [4.69, 9.17) is 0 Å². The summed E-state index contributed by atoms with van der Waals surface area (Å²) in [5.74, 6) is 0.142. The summed E-state index contributed by atoms with van der Waals surface area (Å²) in [6.45, 7) is 1.02. The van der Waals surface area contributed by atoms with Crippen molar-refractivity contribution in [2.75, 3.05) is 18.6 Å². The summed E-state index contributed by atoms with van der Waals surface area (Å²) >= 11 is 1.61. The van der Waals surface area contributed by atoms with E-state index in [0.29, 0.717) is 13.1 Å². The van der Waals surface area contributed by atoms with Crippen LogP contribution in [0.3, 0.4) is 0 Å². The number of hydrogen-bond acceptors (Lipinski definition) is 6. The normalized spacial score (nSPS) is 11.9. The molecule has 0 fully saturated rings. The summed E-state index contributed by atoms with van der Waals surface area (Å²) in [4.78, 5) is 9.81. The molecular weight excluding hydrogens is 330 g/mol. The third kappa shape index (κ3) is 4.34. The number of thiazole rings is 1. The minimum atomic E-state index is -2.92. The first-order valence-electron chi connectivity index (χ1n) is 7.19. The lowest BCUT2D eigenvalue weighted by Crippen LogP contribution is -2.21. The molecule has 0 amide bonds. The molecule has 3 rings (SSSR count). The van der Waals surface area contributed by atoms with Crippen molar-refractivity contribution >= 4 is 32.1 Å². The first kappa shape index (κ1) is 16.0. The number of rotatable bonds is 6. The molecule has 1 aromatic carbocycles. The maximum absolute atomic E-state index is 11.1. The fraction of sp³-hybridized carbons (Fsp3) is 0.250. The summed E-state index contributed by atoms with van der Waals surface area (Å²) in [6.07, 6.45) is 4.88. The Morgan fingerprint density at radius 3 is 2.91 bits per heavy atom. The van der Waals surface area contributed by atoms with Gasteiger partial charge in [0.2, 0.25) is 0 Å². The molecule has 0 bridgehead atoms. The summed E-state index contributed by atoms with van der Waals surface area (Å²) < 4.78 is 22.2. The van der Waals surface area contributed by atoms with Crippen molar-refractivity contribution in [2.24, 2.45) is 0 Å². The highest BCUT2D eigenvalue weighted by atomic mass is 32.2. The number of hydrogen-bond donors (Lipinski definition) is 1. The van der Waals surface area contributed by atoms with Gasteiger partial charge in [-0.15, -0.1) is 11.3 Å². The molecule has 1 N–H and O–H groups in total. The van der Waals surface area contributed by atoms with E-state index in [1.54, 1.807) is 17.5 Å².